The van der Waals surface area contributed by atoms with Crippen LogP contribution in [0.15, 0.2) is 58.0 Å². The first-order valence-electron chi connectivity index (χ1n) is 9.15. The molecular formula is C21H18Cl3N3O4S. The number of benzene rings is 2. The van der Waals surface area contributed by atoms with Crippen molar-refractivity contribution in [2.24, 2.45) is 5.10 Å². The highest BCUT2D eigenvalue weighted by Gasteiger charge is 2.22. The zero-order valence-corrected chi connectivity index (χ0v) is 20.1. The van der Waals surface area contributed by atoms with Crippen LogP contribution >= 0.6 is 34.8 Å². The number of hydrogen-bond donors (Lipinski definition) is 1. The zero-order chi connectivity index (χ0) is 23.5. The van der Waals surface area contributed by atoms with Gasteiger partial charge in [-0.1, -0.05) is 40.9 Å². The molecule has 1 amide bonds. The van der Waals surface area contributed by atoms with Crippen LogP contribution in [0.4, 0.5) is 5.69 Å². The molecule has 168 valence electrons. The number of carbonyl (C=O) groups excluding carboxylic acids is 1. The van der Waals surface area contributed by atoms with E-state index < -0.39 is 22.5 Å². The molecule has 0 radical (unpaired) electrons. The summed E-state index contributed by atoms with van der Waals surface area (Å²) in [7, 11) is -3.74. The normalized spacial score (nSPS) is 11.7. The number of halogens is 3. The molecule has 0 spiro atoms. The van der Waals surface area contributed by atoms with E-state index in [2.05, 4.69) is 10.5 Å². The Kier molecular flexibility index (Phi) is 7.51. The van der Waals surface area contributed by atoms with E-state index in [1.807, 2.05) is 0 Å². The van der Waals surface area contributed by atoms with E-state index in [9.17, 15) is 13.2 Å². The van der Waals surface area contributed by atoms with Crippen LogP contribution in [0.5, 0.6) is 0 Å². The molecule has 0 bridgehead atoms. The van der Waals surface area contributed by atoms with Crippen molar-refractivity contribution in [3.05, 3.63) is 74.9 Å². The van der Waals surface area contributed by atoms with Gasteiger partial charge >= 0.3 is 0 Å². The summed E-state index contributed by atoms with van der Waals surface area (Å²) in [4.78, 5) is 12.3. The Balaban J connectivity index is 1.69. The van der Waals surface area contributed by atoms with Gasteiger partial charge in [-0.25, -0.2) is 13.8 Å². The van der Waals surface area contributed by atoms with Crippen molar-refractivity contribution in [2.45, 2.75) is 6.92 Å². The quantitative estimate of drug-likeness (QED) is 0.349. The molecule has 0 saturated carbocycles. The van der Waals surface area contributed by atoms with E-state index in [-0.39, 0.29) is 0 Å². The monoisotopic (exact) mass is 513 g/mol. The molecule has 0 atom stereocenters. The summed E-state index contributed by atoms with van der Waals surface area (Å²) in [5.74, 6) is 0.217. The smallest absolute Gasteiger partial charge is 0.260 e. The Morgan fingerprint density at radius 3 is 2.47 bits per heavy atom. The predicted octanol–water partition coefficient (Wildman–Crippen LogP) is 5.13. The highest BCUT2D eigenvalue weighted by Crippen LogP contribution is 2.31. The molecule has 1 heterocycles. The average Bonchev–Trinajstić information content (AvgIpc) is 3.16. The van der Waals surface area contributed by atoms with Crippen LogP contribution in [0.1, 0.15) is 11.3 Å². The molecule has 0 fully saturated rings. The molecular weight excluding hydrogens is 497 g/mol. The van der Waals surface area contributed by atoms with E-state index in [4.69, 9.17) is 39.2 Å². The molecule has 3 aromatic rings. The maximum Gasteiger partial charge on any atom is 0.260 e. The van der Waals surface area contributed by atoms with Crippen LogP contribution in [0.3, 0.4) is 0 Å². The van der Waals surface area contributed by atoms with Gasteiger partial charge in [-0.2, -0.15) is 5.10 Å². The lowest BCUT2D eigenvalue weighted by molar-refractivity contribution is -0.119. The van der Waals surface area contributed by atoms with Crippen molar-refractivity contribution in [3.63, 3.8) is 0 Å². The number of sulfonamides is 1. The molecule has 7 nitrogen and oxygen atoms in total. The second-order valence-corrected chi connectivity index (χ2v) is 10.0. The number of rotatable bonds is 7. The number of carbonyl (C=O) groups is 1. The number of hydrazone groups is 1. The van der Waals surface area contributed by atoms with Gasteiger partial charge in [-0.05, 0) is 55.0 Å². The number of amides is 1. The highest BCUT2D eigenvalue weighted by molar-refractivity contribution is 7.92. The topological polar surface area (TPSA) is 92.0 Å². The first-order chi connectivity index (χ1) is 15.0. The summed E-state index contributed by atoms with van der Waals surface area (Å²) in [6.07, 6.45) is 2.30. The van der Waals surface area contributed by atoms with Gasteiger partial charge < -0.3 is 4.42 Å². The van der Waals surface area contributed by atoms with Crippen LogP contribution in [-0.4, -0.2) is 33.3 Å². The lowest BCUT2D eigenvalue weighted by Crippen LogP contribution is -2.39. The molecule has 0 aliphatic carbocycles. The molecule has 0 aliphatic heterocycles. The minimum absolute atomic E-state index is 0.314. The largest absolute Gasteiger partial charge is 0.455 e. The summed E-state index contributed by atoms with van der Waals surface area (Å²) in [5, 5.41) is 5.12. The lowest BCUT2D eigenvalue weighted by atomic mass is 10.2. The molecule has 1 N–H and O–H groups in total. The second-order valence-electron chi connectivity index (χ2n) is 6.82. The Morgan fingerprint density at radius 1 is 1.09 bits per heavy atom. The lowest BCUT2D eigenvalue weighted by Gasteiger charge is -2.23. The molecule has 0 unspecified atom stereocenters. The van der Waals surface area contributed by atoms with Crippen LogP contribution in [-0.2, 0) is 14.8 Å². The van der Waals surface area contributed by atoms with Gasteiger partial charge in [0.05, 0.1) is 23.2 Å². The average molecular weight is 515 g/mol. The number of anilines is 1. The summed E-state index contributed by atoms with van der Waals surface area (Å²) >= 11 is 18.1. The van der Waals surface area contributed by atoms with Crippen LogP contribution in [0.2, 0.25) is 15.1 Å². The summed E-state index contributed by atoms with van der Waals surface area (Å²) < 4.78 is 31.1. The number of nitrogens with zero attached hydrogens (tertiary/aromatic N) is 2. The van der Waals surface area contributed by atoms with E-state index in [1.165, 1.54) is 12.3 Å². The van der Waals surface area contributed by atoms with Crippen LogP contribution in [0.25, 0.3) is 11.3 Å². The van der Waals surface area contributed by atoms with Crippen LogP contribution < -0.4 is 9.73 Å². The summed E-state index contributed by atoms with van der Waals surface area (Å²) in [6.45, 7) is 1.25. The third-order valence-electron chi connectivity index (χ3n) is 4.33. The first-order valence-corrected chi connectivity index (χ1v) is 12.1. The maximum atomic E-state index is 12.3. The van der Waals surface area contributed by atoms with Gasteiger partial charge in [-0.3, -0.25) is 9.10 Å². The molecule has 1 aromatic heterocycles. The van der Waals surface area contributed by atoms with Gasteiger partial charge in [0.25, 0.3) is 5.91 Å². The number of hydrogen-bond acceptors (Lipinski definition) is 5. The fraction of sp³-hybridized carbons (Fsp3) is 0.143. The third-order valence-corrected chi connectivity index (χ3v) is 6.24. The second kappa shape index (κ2) is 9.95. The van der Waals surface area contributed by atoms with Gasteiger partial charge in [-0.15, -0.1) is 0 Å². The first kappa shape index (κ1) is 24.1. The minimum Gasteiger partial charge on any atom is -0.455 e. The van der Waals surface area contributed by atoms with Gasteiger partial charge in [0, 0.05) is 15.6 Å². The SMILES string of the molecule is Cc1ccc(Cl)cc1N(CC(=O)N/N=C\c1ccc(-c2ccc(Cl)cc2Cl)o1)S(C)(=O)=O. The molecule has 3 rings (SSSR count). The van der Waals surface area contributed by atoms with Crippen molar-refractivity contribution >= 4 is 62.6 Å². The molecule has 11 heteroatoms. The Bertz CT molecular complexity index is 1290. The third kappa shape index (κ3) is 6.04. The number of nitrogens with one attached hydrogen (secondary N) is 1. The zero-order valence-electron chi connectivity index (χ0n) is 17.0. The fourth-order valence-electron chi connectivity index (χ4n) is 2.82. The van der Waals surface area contributed by atoms with Gasteiger partial charge in [0.15, 0.2) is 0 Å². The van der Waals surface area contributed by atoms with Crippen molar-refractivity contribution in [1.82, 2.24) is 5.43 Å². The molecule has 32 heavy (non-hydrogen) atoms. The van der Waals surface area contributed by atoms with Gasteiger partial charge in [0.1, 0.15) is 18.1 Å². The molecule has 0 saturated heterocycles. The Morgan fingerprint density at radius 2 is 1.78 bits per heavy atom. The van der Waals surface area contributed by atoms with Crippen molar-refractivity contribution in [1.29, 1.82) is 0 Å². The van der Waals surface area contributed by atoms with Gasteiger partial charge in [0.2, 0.25) is 10.0 Å². The highest BCUT2D eigenvalue weighted by atomic mass is 35.5. The van der Waals surface area contributed by atoms with E-state index in [1.54, 1.807) is 49.4 Å². The van der Waals surface area contributed by atoms with Crippen molar-refractivity contribution in [2.75, 3.05) is 17.1 Å². The number of aryl methyl sites for hydroxylation is 1. The van der Waals surface area contributed by atoms with Crippen molar-refractivity contribution < 1.29 is 17.6 Å². The van der Waals surface area contributed by atoms with Crippen LogP contribution in [0, 0.1) is 6.92 Å². The Hall–Kier alpha value is -2.52. The summed E-state index contributed by atoms with van der Waals surface area (Å²) in [5.41, 5.74) is 3.91. The predicted molar refractivity (Wildman–Crippen MR) is 128 cm³/mol. The molecule has 0 aliphatic rings. The fourth-order valence-corrected chi connectivity index (χ4v) is 4.40. The van der Waals surface area contributed by atoms with Crippen molar-refractivity contribution in [3.8, 4) is 11.3 Å². The minimum atomic E-state index is -3.74. The summed E-state index contributed by atoms with van der Waals surface area (Å²) in [6, 6.07) is 13.2. The Labute approximate surface area is 200 Å². The molecule has 2 aromatic carbocycles. The number of furan rings is 1. The van der Waals surface area contributed by atoms with E-state index >= 15 is 0 Å². The maximum absolute atomic E-state index is 12.3. The van der Waals surface area contributed by atoms with E-state index in [0.29, 0.717) is 43.4 Å². The van der Waals surface area contributed by atoms with E-state index in [0.717, 1.165) is 10.6 Å². The standard InChI is InChI=1S/C21H18Cl3N3O4S/c1-13-3-4-15(23)10-19(13)27(32(2,29)30)12-21(28)26-25-11-16-6-8-20(31-16)17-7-5-14(22)9-18(17)24/h3-11H,12H2,1-2H3,(H,26,28)/b25-11-.